The van der Waals surface area contributed by atoms with Crippen LogP contribution in [0.2, 0.25) is 0 Å². The quantitative estimate of drug-likeness (QED) is 0.784. The summed E-state index contributed by atoms with van der Waals surface area (Å²) in [6.45, 7) is 1.46. The SMILES string of the molecule is C[C@H](OC(=O)CSCc1cccs1)C(N)=O. The van der Waals surface area contributed by atoms with E-state index in [1.807, 2.05) is 17.5 Å². The van der Waals surface area contributed by atoms with Crippen molar-refractivity contribution in [1.29, 1.82) is 0 Å². The van der Waals surface area contributed by atoms with Crippen molar-refractivity contribution in [2.24, 2.45) is 5.73 Å². The fourth-order valence-electron chi connectivity index (χ4n) is 0.919. The van der Waals surface area contributed by atoms with Gasteiger partial charge < -0.3 is 10.5 Å². The lowest BCUT2D eigenvalue weighted by Gasteiger charge is -2.08. The van der Waals surface area contributed by atoms with Crippen LogP contribution in [0, 0.1) is 0 Å². The van der Waals surface area contributed by atoms with Crippen molar-refractivity contribution in [2.45, 2.75) is 18.8 Å². The van der Waals surface area contributed by atoms with Crippen LogP contribution in [0.5, 0.6) is 0 Å². The summed E-state index contributed by atoms with van der Waals surface area (Å²) in [7, 11) is 0. The van der Waals surface area contributed by atoms with E-state index < -0.39 is 18.0 Å². The van der Waals surface area contributed by atoms with Crippen LogP contribution in [0.25, 0.3) is 0 Å². The summed E-state index contributed by atoms with van der Waals surface area (Å²) in [6.07, 6.45) is -0.852. The number of carbonyl (C=O) groups is 2. The molecule has 1 amide bonds. The summed E-state index contributed by atoms with van der Waals surface area (Å²) in [5.41, 5.74) is 4.97. The summed E-state index contributed by atoms with van der Waals surface area (Å²) < 4.78 is 4.80. The Morgan fingerprint density at radius 3 is 2.94 bits per heavy atom. The van der Waals surface area contributed by atoms with Crippen molar-refractivity contribution in [3.05, 3.63) is 22.4 Å². The molecule has 0 aromatic carbocycles. The van der Waals surface area contributed by atoms with Crippen LogP contribution in [-0.4, -0.2) is 23.7 Å². The molecule has 1 atom stereocenters. The van der Waals surface area contributed by atoms with Crippen LogP contribution in [0.15, 0.2) is 17.5 Å². The number of ether oxygens (including phenoxy) is 1. The first-order chi connectivity index (χ1) is 7.59. The number of thioether (sulfide) groups is 1. The number of primary amides is 1. The predicted octanol–water partition coefficient (Wildman–Crippen LogP) is 1.40. The standard InChI is InChI=1S/C10H13NO3S2/c1-7(10(11)13)14-9(12)6-15-5-8-3-2-4-16-8/h2-4,7H,5-6H2,1H3,(H2,11,13)/t7-/m0/s1. The maximum atomic E-state index is 11.2. The molecule has 0 saturated carbocycles. The zero-order chi connectivity index (χ0) is 12.0. The summed E-state index contributed by atoms with van der Waals surface area (Å²) in [5, 5.41) is 1.99. The van der Waals surface area contributed by atoms with E-state index in [0.29, 0.717) is 0 Å². The number of hydrogen-bond donors (Lipinski definition) is 1. The van der Waals surface area contributed by atoms with Crippen LogP contribution in [0.3, 0.4) is 0 Å². The van der Waals surface area contributed by atoms with Crippen molar-refractivity contribution < 1.29 is 14.3 Å². The Hall–Kier alpha value is -1.01. The van der Waals surface area contributed by atoms with Crippen molar-refractivity contribution in [3.8, 4) is 0 Å². The van der Waals surface area contributed by atoms with Gasteiger partial charge in [-0.25, -0.2) is 0 Å². The van der Waals surface area contributed by atoms with Crippen LogP contribution < -0.4 is 5.73 Å². The Morgan fingerprint density at radius 2 is 2.38 bits per heavy atom. The van der Waals surface area contributed by atoms with Gasteiger partial charge in [-0.1, -0.05) is 6.07 Å². The van der Waals surface area contributed by atoms with Gasteiger partial charge in [-0.05, 0) is 18.4 Å². The third-order valence-electron chi connectivity index (χ3n) is 1.75. The fraction of sp³-hybridized carbons (Fsp3) is 0.400. The number of thiophene rings is 1. The molecular formula is C10H13NO3S2. The van der Waals surface area contributed by atoms with Crippen molar-refractivity contribution in [2.75, 3.05) is 5.75 Å². The molecule has 0 radical (unpaired) electrons. The second kappa shape index (κ2) is 6.55. The molecule has 0 fully saturated rings. The molecule has 0 aliphatic carbocycles. The molecule has 0 aliphatic rings. The van der Waals surface area contributed by atoms with Crippen molar-refractivity contribution >= 4 is 35.0 Å². The van der Waals surface area contributed by atoms with Crippen LogP contribution in [0.1, 0.15) is 11.8 Å². The van der Waals surface area contributed by atoms with Crippen LogP contribution >= 0.6 is 23.1 Å². The van der Waals surface area contributed by atoms with Gasteiger partial charge in [-0.3, -0.25) is 9.59 Å². The first-order valence-electron chi connectivity index (χ1n) is 4.68. The van der Waals surface area contributed by atoms with Crippen molar-refractivity contribution in [1.82, 2.24) is 0 Å². The van der Waals surface area contributed by atoms with Gasteiger partial charge in [0.1, 0.15) is 0 Å². The van der Waals surface area contributed by atoms with E-state index in [1.165, 1.54) is 23.6 Å². The van der Waals surface area contributed by atoms with Gasteiger partial charge in [0.2, 0.25) is 0 Å². The van der Waals surface area contributed by atoms with E-state index >= 15 is 0 Å². The number of esters is 1. The lowest BCUT2D eigenvalue weighted by Crippen LogP contribution is -2.31. The minimum absolute atomic E-state index is 0.232. The van der Waals surface area contributed by atoms with E-state index in [0.717, 1.165) is 5.75 Å². The highest BCUT2D eigenvalue weighted by atomic mass is 32.2. The molecule has 0 saturated heterocycles. The minimum Gasteiger partial charge on any atom is -0.452 e. The van der Waals surface area contributed by atoms with Gasteiger partial charge in [-0.2, -0.15) is 0 Å². The molecule has 1 heterocycles. The number of rotatable bonds is 6. The highest BCUT2D eigenvalue weighted by Gasteiger charge is 2.14. The molecular weight excluding hydrogens is 246 g/mol. The molecule has 0 aliphatic heterocycles. The van der Waals surface area contributed by atoms with E-state index in [9.17, 15) is 9.59 Å². The second-order valence-electron chi connectivity index (χ2n) is 3.11. The molecule has 0 spiro atoms. The van der Waals surface area contributed by atoms with E-state index in [4.69, 9.17) is 10.5 Å². The average Bonchev–Trinajstić information content (AvgIpc) is 2.70. The Kier molecular flexibility index (Phi) is 5.34. The third kappa shape index (κ3) is 4.67. The second-order valence-corrected chi connectivity index (χ2v) is 5.12. The third-order valence-corrected chi connectivity index (χ3v) is 3.77. The van der Waals surface area contributed by atoms with Gasteiger partial charge in [-0.15, -0.1) is 23.1 Å². The first kappa shape index (κ1) is 13.1. The number of amides is 1. The van der Waals surface area contributed by atoms with Gasteiger partial charge in [0.05, 0.1) is 5.75 Å². The van der Waals surface area contributed by atoms with Gasteiger partial charge in [0.25, 0.3) is 5.91 Å². The smallest absolute Gasteiger partial charge is 0.316 e. The molecule has 88 valence electrons. The number of hydrogen-bond acceptors (Lipinski definition) is 5. The molecule has 1 aromatic heterocycles. The van der Waals surface area contributed by atoms with Gasteiger partial charge >= 0.3 is 5.97 Å². The van der Waals surface area contributed by atoms with Gasteiger partial charge in [0.15, 0.2) is 6.10 Å². The molecule has 0 bridgehead atoms. The average molecular weight is 259 g/mol. The van der Waals surface area contributed by atoms with Crippen LogP contribution in [-0.2, 0) is 20.1 Å². The Bertz CT molecular complexity index is 351. The fourth-order valence-corrected chi connectivity index (χ4v) is 2.56. The molecule has 1 aromatic rings. The zero-order valence-corrected chi connectivity index (χ0v) is 10.5. The molecule has 0 unspecified atom stereocenters. The number of carbonyl (C=O) groups excluding carboxylic acids is 2. The summed E-state index contributed by atoms with van der Waals surface area (Å²) >= 11 is 3.10. The maximum Gasteiger partial charge on any atom is 0.316 e. The van der Waals surface area contributed by atoms with Crippen LogP contribution in [0.4, 0.5) is 0 Å². The van der Waals surface area contributed by atoms with Crippen molar-refractivity contribution in [3.63, 3.8) is 0 Å². The predicted molar refractivity (Wildman–Crippen MR) is 65.2 cm³/mol. The largest absolute Gasteiger partial charge is 0.452 e. The van der Waals surface area contributed by atoms with E-state index in [1.54, 1.807) is 11.3 Å². The van der Waals surface area contributed by atoms with E-state index in [-0.39, 0.29) is 5.75 Å². The Morgan fingerprint density at radius 1 is 1.62 bits per heavy atom. The summed E-state index contributed by atoms with van der Waals surface area (Å²) in [4.78, 5) is 23.1. The lowest BCUT2D eigenvalue weighted by atomic mass is 10.4. The van der Waals surface area contributed by atoms with Gasteiger partial charge in [0, 0.05) is 10.6 Å². The molecule has 1 rings (SSSR count). The lowest BCUT2D eigenvalue weighted by molar-refractivity contribution is -0.151. The molecule has 4 nitrogen and oxygen atoms in total. The highest BCUT2D eigenvalue weighted by molar-refractivity contribution is 7.99. The monoisotopic (exact) mass is 259 g/mol. The first-order valence-corrected chi connectivity index (χ1v) is 6.72. The zero-order valence-electron chi connectivity index (χ0n) is 8.84. The molecule has 6 heteroatoms. The number of nitrogens with two attached hydrogens (primary N) is 1. The Balaban J connectivity index is 2.18. The Labute approximate surface area is 102 Å². The molecule has 2 N–H and O–H groups in total. The summed E-state index contributed by atoms with van der Waals surface area (Å²) in [5.74, 6) is -0.0304. The molecule has 16 heavy (non-hydrogen) atoms. The van der Waals surface area contributed by atoms with E-state index in [2.05, 4.69) is 0 Å². The normalized spacial score (nSPS) is 12.1. The summed E-state index contributed by atoms with van der Waals surface area (Å²) in [6, 6.07) is 3.98. The topological polar surface area (TPSA) is 69.4 Å². The highest BCUT2D eigenvalue weighted by Crippen LogP contribution is 2.17. The maximum absolute atomic E-state index is 11.2. The minimum atomic E-state index is -0.852.